The van der Waals surface area contributed by atoms with Crippen molar-refractivity contribution in [3.05, 3.63) is 52.5 Å². The van der Waals surface area contributed by atoms with Gasteiger partial charge in [-0.1, -0.05) is 22.0 Å². The molecule has 0 bridgehead atoms. The smallest absolute Gasteiger partial charge is 0.329 e. The van der Waals surface area contributed by atoms with Crippen LogP contribution in [0.5, 0.6) is 5.75 Å². The average molecular weight is 477 g/mol. The van der Waals surface area contributed by atoms with Gasteiger partial charge in [0.05, 0.1) is 18.5 Å². The van der Waals surface area contributed by atoms with Gasteiger partial charge in [0.2, 0.25) is 0 Å². The first-order chi connectivity index (χ1) is 14.3. The predicted molar refractivity (Wildman–Crippen MR) is 119 cm³/mol. The monoisotopic (exact) mass is 476 g/mol. The number of urea groups is 1. The van der Waals surface area contributed by atoms with E-state index in [1.165, 1.54) is 7.11 Å². The van der Waals surface area contributed by atoms with E-state index in [9.17, 15) is 14.7 Å². The van der Waals surface area contributed by atoms with Crippen molar-refractivity contribution in [2.75, 3.05) is 44.5 Å². The summed E-state index contributed by atoms with van der Waals surface area (Å²) in [7, 11) is 5.39. The Balaban J connectivity index is 2.05. The van der Waals surface area contributed by atoms with Crippen LogP contribution in [-0.4, -0.2) is 56.2 Å². The number of ether oxygens (including phenoxy) is 1. The molecule has 1 aliphatic heterocycles. The summed E-state index contributed by atoms with van der Waals surface area (Å²) in [6, 6.07) is 11.0. The lowest BCUT2D eigenvalue weighted by molar-refractivity contribution is -0.140. The molecule has 30 heavy (non-hydrogen) atoms. The second-order valence-electron chi connectivity index (χ2n) is 7.24. The van der Waals surface area contributed by atoms with E-state index in [1.807, 2.05) is 19.0 Å². The molecule has 3 amide bonds. The third-order valence-corrected chi connectivity index (χ3v) is 5.31. The summed E-state index contributed by atoms with van der Waals surface area (Å²) in [5.41, 5.74) is -1.28. The largest absolute Gasteiger partial charge is 0.497 e. The summed E-state index contributed by atoms with van der Waals surface area (Å²) in [4.78, 5) is 29.3. The SMILES string of the molecule is COc1cccc(N2C(=O)Nc3ccc(Br)cc3[C@@]2(O)C(=O)NCCCN(C)C)c1. The van der Waals surface area contributed by atoms with E-state index in [2.05, 4.69) is 26.6 Å². The molecule has 3 N–H and O–H groups in total. The molecular weight excluding hydrogens is 452 g/mol. The minimum Gasteiger partial charge on any atom is -0.497 e. The lowest BCUT2D eigenvalue weighted by atomic mass is 9.94. The summed E-state index contributed by atoms with van der Waals surface area (Å²) >= 11 is 3.39. The Morgan fingerprint density at radius 1 is 1.30 bits per heavy atom. The highest BCUT2D eigenvalue weighted by Gasteiger charge is 2.52. The lowest BCUT2D eigenvalue weighted by Crippen LogP contribution is -2.62. The Bertz CT molecular complexity index is 952. The van der Waals surface area contributed by atoms with Gasteiger partial charge in [0.15, 0.2) is 0 Å². The minimum absolute atomic E-state index is 0.268. The number of fused-ring (bicyclic) bond motifs is 1. The van der Waals surface area contributed by atoms with Crippen molar-refractivity contribution in [3.8, 4) is 5.75 Å². The van der Waals surface area contributed by atoms with Gasteiger partial charge in [0.25, 0.3) is 11.6 Å². The summed E-state index contributed by atoms with van der Waals surface area (Å²) in [6.07, 6.45) is 0.700. The molecule has 0 aromatic heterocycles. The average Bonchev–Trinajstić information content (AvgIpc) is 2.71. The molecule has 0 unspecified atom stereocenters. The number of hydrogen-bond acceptors (Lipinski definition) is 5. The van der Waals surface area contributed by atoms with Crippen LogP contribution < -0.4 is 20.3 Å². The van der Waals surface area contributed by atoms with E-state index < -0.39 is 17.7 Å². The molecule has 160 valence electrons. The maximum Gasteiger partial charge on any atom is 0.329 e. The highest BCUT2D eigenvalue weighted by Crippen LogP contribution is 2.41. The van der Waals surface area contributed by atoms with Crippen LogP contribution in [0.25, 0.3) is 0 Å². The first-order valence-corrected chi connectivity index (χ1v) is 10.3. The number of halogens is 1. The summed E-state index contributed by atoms with van der Waals surface area (Å²) in [5, 5.41) is 17.3. The van der Waals surface area contributed by atoms with Crippen molar-refractivity contribution in [2.24, 2.45) is 0 Å². The zero-order chi connectivity index (χ0) is 21.9. The van der Waals surface area contributed by atoms with Crippen molar-refractivity contribution in [3.63, 3.8) is 0 Å². The zero-order valence-electron chi connectivity index (χ0n) is 17.1. The molecule has 3 rings (SSSR count). The quantitative estimate of drug-likeness (QED) is 0.534. The van der Waals surface area contributed by atoms with Crippen molar-refractivity contribution in [2.45, 2.75) is 12.1 Å². The molecule has 1 atom stereocenters. The van der Waals surface area contributed by atoms with Crippen molar-refractivity contribution in [1.29, 1.82) is 0 Å². The highest BCUT2D eigenvalue weighted by atomic mass is 79.9. The molecule has 8 nitrogen and oxygen atoms in total. The third kappa shape index (κ3) is 4.28. The van der Waals surface area contributed by atoms with Crippen LogP contribution in [0.3, 0.4) is 0 Å². The van der Waals surface area contributed by atoms with E-state index in [1.54, 1.807) is 42.5 Å². The Labute approximate surface area is 183 Å². The Morgan fingerprint density at radius 3 is 2.77 bits per heavy atom. The van der Waals surface area contributed by atoms with Gasteiger partial charge in [-0.25, -0.2) is 4.79 Å². The van der Waals surface area contributed by atoms with Crippen LogP contribution in [0.1, 0.15) is 12.0 Å². The lowest BCUT2D eigenvalue weighted by Gasteiger charge is -2.42. The van der Waals surface area contributed by atoms with Gasteiger partial charge in [0.1, 0.15) is 5.75 Å². The first kappa shape index (κ1) is 22.1. The molecule has 0 saturated heterocycles. The van der Waals surface area contributed by atoms with Crippen LogP contribution in [0.4, 0.5) is 16.2 Å². The molecule has 1 aliphatic rings. The standard InChI is InChI=1S/C21H25BrN4O4/c1-25(2)11-5-10-23-19(27)21(29)17-12-14(22)8-9-18(17)24-20(28)26(21)15-6-4-7-16(13-15)30-3/h4,6-9,12-13,29H,5,10-11H2,1-3H3,(H,23,27)(H,24,28)/t21-/m1/s1. The van der Waals surface area contributed by atoms with Gasteiger partial charge in [-0.3, -0.25) is 9.69 Å². The number of nitrogens with zero attached hydrogens (tertiary/aromatic N) is 2. The Kier molecular flexibility index (Phi) is 6.64. The van der Waals surface area contributed by atoms with Gasteiger partial charge < -0.3 is 25.4 Å². The minimum atomic E-state index is -2.24. The Hall–Kier alpha value is -2.62. The number of anilines is 2. The van der Waals surface area contributed by atoms with Gasteiger partial charge in [-0.05, 0) is 57.4 Å². The van der Waals surface area contributed by atoms with Crippen LogP contribution in [0.15, 0.2) is 46.9 Å². The number of nitrogens with one attached hydrogen (secondary N) is 2. The van der Waals surface area contributed by atoms with Gasteiger partial charge in [0, 0.05) is 22.6 Å². The fraction of sp³-hybridized carbons (Fsp3) is 0.333. The van der Waals surface area contributed by atoms with E-state index in [0.29, 0.717) is 34.6 Å². The fourth-order valence-electron chi connectivity index (χ4n) is 3.35. The zero-order valence-corrected chi connectivity index (χ0v) is 18.7. The molecule has 0 spiro atoms. The van der Waals surface area contributed by atoms with Gasteiger partial charge in [-0.15, -0.1) is 0 Å². The van der Waals surface area contributed by atoms with E-state index in [4.69, 9.17) is 4.74 Å². The number of rotatable bonds is 7. The molecular formula is C21H25BrN4O4. The summed E-state index contributed by atoms with van der Waals surface area (Å²) in [5.74, 6) is -0.188. The number of hydrogen-bond donors (Lipinski definition) is 3. The molecule has 0 aliphatic carbocycles. The number of carbonyl (C=O) groups is 2. The molecule has 1 heterocycles. The van der Waals surface area contributed by atoms with E-state index in [0.717, 1.165) is 11.4 Å². The van der Waals surface area contributed by atoms with Gasteiger partial charge >= 0.3 is 6.03 Å². The number of methoxy groups -OCH3 is 1. The second kappa shape index (κ2) is 9.03. The second-order valence-corrected chi connectivity index (χ2v) is 8.16. The number of aliphatic hydroxyl groups is 1. The molecule has 0 radical (unpaired) electrons. The van der Waals surface area contributed by atoms with E-state index >= 15 is 0 Å². The van der Waals surface area contributed by atoms with Crippen molar-refractivity contribution in [1.82, 2.24) is 10.2 Å². The first-order valence-electron chi connectivity index (χ1n) is 9.48. The van der Waals surface area contributed by atoms with Gasteiger partial charge in [-0.2, -0.15) is 0 Å². The molecule has 0 fully saturated rings. The van der Waals surface area contributed by atoms with Crippen molar-refractivity contribution < 1.29 is 19.4 Å². The molecule has 0 saturated carbocycles. The molecule has 2 aromatic rings. The van der Waals surface area contributed by atoms with Crippen LogP contribution in [-0.2, 0) is 10.5 Å². The van der Waals surface area contributed by atoms with Crippen LogP contribution >= 0.6 is 15.9 Å². The maximum absolute atomic E-state index is 13.3. The number of amides is 3. The van der Waals surface area contributed by atoms with E-state index in [-0.39, 0.29) is 5.56 Å². The van der Waals surface area contributed by atoms with Crippen molar-refractivity contribution >= 4 is 39.2 Å². The summed E-state index contributed by atoms with van der Waals surface area (Å²) < 4.78 is 5.92. The highest BCUT2D eigenvalue weighted by molar-refractivity contribution is 9.10. The predicted octanol–water partition coefficient (Wildman–Crippen LogP) is 2.72. The van der Waals surface area contributed by atoms with Crippen LogP contribution in [0.2, 0.25) is 0 Å². The number of benzene rings is 2. The normalized spacial score (nSPS) is 18.1. The molecule has 9 heteroatoms. The maximum atomic E-state index is 13.3. The van der Waals surface area contributed by atoms with Crippen LogP contribution in [0, 0.1) is 0 Å². The fourth-order valence-corrected chi connectivity index (χ4v) is 3.71. The number of carbonyl (C=O) groups excluding carboxylic acids is 2. The molecule has 2 aromatic carbocycles. The Morgan fingerprint density at radius 2 is 2.07 bits per heavy atom. The topological polar surface area (TPSA) is 94.1 Å². The third-order valence-electron chi connectivity index (χ3n) is 4.82. The summed E-state index contributed by atoms with van der Waals surface area (Å²) in [6.45, 7) is 1.14.